The molecule has 148 valence electrons. The number of urea groups is 1. The zero-order valence-corrected chi connectivity index (χ0v) is 15.7. The van der Waals surface area contributed by atoms with Gasteiger partial charge in [0.1, 0.15) is 12.1 Å². The number of esters is 1. The predicted molar refractivity (Wildman–Crippen MR) is 103 cm³/mol. The molecule has 0 unspecified atom stereocenters. The van der Waals surface area contributed by atoms with Crippen LogP contribution in [0.2, 0.25) is 0 Å². The van der Waals surface area contributed by atoms with Crippen LogP contribution in [0, 0.1) is 0 Å². The second-order valence-corrected chi connectivity index (χ2v) is 7.00. The van der Waals surface area contributed by atoms with Crippen molar-refractivity contribution >= 4 is 29.5 Å². The quantitative estimate of drug-likeness (QED) is 0.609. The molecule has 1 atom stereocenters. The fourth-order valence-corrected chi connectivity index (χ4v) is 3.88. The second-order valence-electron chi connectivity index (χ2n) is 7.00. The van der Waals surface area contributed by atoms with Crippen molar-refractivity contribution in [2.75, 3.05) is 19.0 Å². The lowest BCUT2D eigenvalue weighted by Crippen LogP contribution is -2.42. The molecule has 29 heavy (non-hydrogen) atoms. The summed E-state index contributed by atoms with van der Waals surface area (Å²) in [6.45, 7) is -0.395. The predicted octanol–water partition coefficient (Wildman–Crippen LogP) is 1.81. The van der Waals surface area contributed by atoms with Crippen molar-refractivity contribution in [1.82, 2.24) is 10.2 Å². The Kier molecular flexibility index (Phi) is 4.54. The highest BCUT2D eigenvalue weighted by Crippen LogP contribution is 2.41. The number of ether oxygens (including phenoxy) is 1. The van der Waals surface area contributed by atoms with E-state index in [1.807, 2.05) is 24.3 Å². The van der Waals surface area contributed by atoms with E-state index < -0.39 is 35.9 Å². The molecule has 0 bridgehead atoms. The Morgan fingerprint density at radius 3 is 2.59 bits per heavy atom. The van der Waals surface area contributed by atoms with E-state index >= 15 is 0 Å². The molecule has 2 aromatic rings. The zero-order valence-electron chi connectivity index (χ0n) is 15.7. The molecule has 8 nitrogen and oxygen atoms in total. The van der Waals surface area contributed by atoms with Gasteiger partial charge in [0.05, 0.1) is 12.7 Å². The number of rotatable bonds is 4. The largest absolute Gasteiger partial charge is 0.465 e. The fourth-order valence-electron chi connectivity index (χ4n) is 3.88. The molecule has 8 heteroatoms. The van der Waals surface area contributed by atoms with Gasteiger partial charge in [0.15, 0.2) is 0 Å². The Labute approximate surface area is 166 Å². The van der Waals surface area contributed by atoms with E-state index in [0.717, 1.165) is 16.0 Å². The van der Waals surface area contributed by atoms with Gasteiger partial charge in [-0.2, -0.15) is 0 Å². The monoisotopic (exact) mass is 393 g/mol. The van der Waals surface area contributed by atoms with Crippen LogP contribution in [-0.2, 0) is 26.3 Å². The van der Waals surface area contributed by atoms with Gasteiger partial charge in [-0.1, -0.05) is 24.3 Å². The number of methoxy groups -OCH3 is 1. The van der Waals surface area contributed by atoms with Gasteiger partial charge in [0.2, 0.25) is 5.91 Å². The zero-order chi connectivity index (χ0) is 20.6. The third kappa shape index (κ3) is 3.12. The number of benzene rings is 2. The maximum atomic E-state index is 13.1. The molecule has 0 saturated carbocycles. The number of amides is 4. The normalized spacial score (nSPS) is 19.8. The minimum absolute atomic E-state index is 0.349. The lowest BCUT2D eigenvalue weighted by Gasteiger charge is -2.22. The third-order valence-electron chi connectivity index (χ3n) is 5.31. The summed E-state index contributed by atoms with van der Waals surface area (Å²) in [5.41, 5.74) is 1.52. The van der Waals surface area contributed by atoms with Crippen molar-refractivity contribution in [1.29, 1.82) is 0 Å². The molecule has 2 aliphatic rings. The molecule has 4 amide bonds. The highest BCUT2D eigenvalue weighted by atomic mass is 16.5. The Morgan fingerprint density at radius 1 is 1.14 bits per heavy atom. The molecule has 1 heterocycles. The van der Waals surface area contributed by atoms with E-state index in [9.17, 15) is 19.2 Å². The van der Waals surface area contributed by atoms with Crippen LogP contribution in [0.5, 0.6) is 0 Å². The summed E-state index contributed by atoms with van der Waals surface area (Å²) in [4.78, 5) is 50.3. The molecule has 1 fully saturated rings. The maximum absolute atomic E-state index is 13.1. The summed E-state index contributed by atoms with van der Waals surface area (Å²) in [5.74, 6) is -1.41. The summed E-state index contributed by atoms with van der Waals surface area (Å²) < 4.78 is 4.63. The van der Waals surface area contributed by atoms with E-state index in [0.29, 0.717) is 24.1 Å². The van der Waals surface area contributed by atoms with Crippen LogP contribution in [0.25, 0.3) is 0 Å². The van der Waals surface area contributed by atoms with Crippen molar-refractivity contribution in [3.63, 3.8) is 0 Å². The lowest BCUT2D eigenvalue weighted by atomic mass is 9.92. The molecule has 2 N–H and O–H groups in total. The first kappa shape index (κ1) is 18.7. The number of aryl methyl sites for hydroxylation is 1. The van der Waals surface area contributed by atoms with Gasteiger partial charge in [-0.05, 0) is 48.2 Å². The van der Waals surface area contributed by atoms with Crippen LogP contribution in [0.3, 0.4) is 0 Å². The van der Waals surface area contributed by atoms with E-state index in [1.54, 1.807) is 12.1 Å². The molecule has 4 rings (SSSR count). The average Bonchev–Trinajstić information content (AvgIpc) is 3.21. The summed E-state index contributed by atoms with van der Waals surface area (Å²) in [6, 6.07) is 13.1. The summed E-state index contributed by atoms with van der Waals surface area (Å²) >= 11 is 0. The summed E-state index contributed by atoms with van der Waals surface area (Å²) in [5, 5.41) is 5.41. The van der Waals surface area contributed by atoms with Gasteiger partial charge in [-0.15, -0.1) is 0 Å². The van der Waals surface area contributed by atoms with Gasteiger partial charge < -0.3 is 15.4 Å². The number of imide groups is 1. The first-order chi connectivity index (χ1) is 13.9. The minimum atomic E-state index is -1.09. The van der Waals surface area contributed by atoms with Crippen LogP contribution in [0.15, 0.2) is 48.5 Å². The topological polar surface area (TPSA) is 105 Å². The smallest absolute Gasteiger partial charge is 0.337 e. The van der Waals surface area contributed by atoms with Crippen LogP contribution in [0.1, 0.15) is 27.9 Å². The molecular formula is C21H19N3O5. The Bertz CT molecular complexity index is 1020. The SMILES string of the molecule is COC(=O)c1ccc(NC(=O)CN2C(=O)N[C@]3(CCc4ccccc43)C2=O)cc1. The van der Waals surface area contributed by atoms with Crippen molar-refractivity contribution in [2.24, 2.45) is 0 Å². The van der Waals surface area contributed by atoms with Crippen LogP contribution < -0.4 is 10.6 Å². The van der Waals surface area contributed by atoms with Crippen LogP contribution >= 0.6 is 0 Å². The number of hydrogen-bond acceptors (Lipinski definition) is 5. The number of hydrogen-bond donors (Lipinski definition) is 2. The molecule has 1 saturated heterocycles. The van der Waals surface area contributed by atoms with Gasteiger partial charge >= 0.3 is 12.0 Å². The van der Waals surface area contributed by atoms with E-state index in [2.05, 4.69) is 15.4 Å². The van der Waals surface area contributed by atoms with E-state index in [-0.39, 0.29) is 0 Å². The first-order valence-corrected chi connectivity index (χ1v) is 9.15. The molecule has 1 aliphatic heterocycles. The third-order valence-corrected chi connectivity index (χ3v) is 5.31. The number of nitrogens with zero attached hydrogens (tertiary/aromatic N) is 1. The van der Waals surface area contributed by atoms with Crippen molar-refractivity contribution in [3.8, 4) is 0 Å². The maximum Gasteiger partial charge on any atom is 0.337 e. The van der Waals surface area contributed by atoms with Crippen molar-refractivity contribution in [3.05, 3.63) is 65.2 Å². The van der Waals surface area contributed by atoms with Gasteiger partial charge in [0.25, 0.3) is 5.91 Å². The first-order valence-electron chi connectivity index (χ1n) is 9.15. The fraction of sp³-hybridized carbons (Fsp3) is 0.238. The number of carbonyl (C=O) groups excluding carboxylic acids is 4. The molecular weight excluding hydrogens is 374 g/mol. The van der Waals surface area contributed by atoms with Gasteiger partial charge in [-0.3, -0.25) is 14.5 Å². The standard InChI is InChI=1S/C21H19N3O5/c1-29-18(26)14-6-8-15(9-7-14)22-17(25)12-24-19(27)21(23-20(24)28)11-10-13-4-2-3-5-16(13)21/h2-9H,10-12H2,1H3,(H,22,25)(H,23,28)/t21-/m0/s1. The van der Waals surface area contributed by atoms with Crippen LogP contribution in [0.4, 0.5) is 10.5 Å². The van der Waals surface area contributed by atoms with Crippen molar-refractivity contribution in [2.45, 2.75) is 18.4 Å². The second kappa shape index (κ2) is 7.05. The molecule has 0 radical (unpaired) electrons. The van der Waals surface area contributed by atoms with Gasteiger partial charge in [-0.25, -0.2) is 9.59 Å². The number of carbonyl (C=O) groups is 4. The molecule has 2 aromatic carbocycles. The Hall–Kier alpha value is -3.68. The number of anilines is 1. The Balaban J connectivity index is 1.46. The lowest BCUT2D eigenvalue weighted by molar-refractivity contribution is -0.134. The highest BCUT2D eigenvalue weighted by molar-refractivity contribution is 6.11. The number of fused-ring (bicyclic) bond motifs is 2. The van der Waals surface area contributed by atoms with Crippen molar-refractivity contribution < 1.29 is 23.9 Å². The Morgan fingerprint density at radius 2 is 1.86 bits per heavy atom. The molecule has 1 aliphatic carbocycles. The van der Waals surface area contributed by atoms with E-state index in [1.165, 1.54) is 19.2 Å². The van der Waals surface area contributed by atoms with Gasteiger partial charge in [0, 0.05) is 5.69 Å². The average molecular weight is 393 g/mol. The molecule has 0 aromatic heterocycles. The summed E-state index contributed by atoms with van der Waals surface area (Å²) in [7, 11) is 1.28. The summed E-state index contributed by atoms with van der Waals surface area (Å²) in [6.07, 6.45) is 1.17. The molecule has 1 spiro atoms. The van der Waals surface area contributed by atoms with E-state index in [4.69, 9.17) is 0 Å². The number of nitrogens with one attached hydrogen (secondary N) is 2. The van der Waals surface area contributed by atoms with Crippen LogP contribution in [-0.4, -0.2) is 42.4 Å². The highest BCUT2D eigenvalue weighted by Gasteiger charge is 2.55. The minimum Gasteiger partial charge on any atom is -0.465 e.